The van der Waals surface area contributed by atoms with Gasteiger partial charge in [0.1, 0.15) is 0 Å². The maximum atomic E-state index is 12.0. The Morgan fingerprint density at radius 3 is 2.56 bits per heavy atom. The standard InChI is InChI=1S/C14H20N2O2/c1-5-12(10(3)17)14(18)16-13-8-11(15-4)7-6-9(13)2/h6-8,15,17H,5H2,1-4H3,(H,16,18)/b12-10+. The van der Waals surface area contributed by atoms with Crippen LogP contribution in [0.25, 0.3) is 0 Å². The van der Waals surface area contributed by atoms with Crippen molar-refractivity contribution < 1.29 is 9.90 Å². The van der Waals surface area contributed by atoms with Gasteiger partial charge >= 0.3 is 0 Å². The average Bonchev–Trinajstić information content (AvgIpc) is 2.32. The van der Waals surface area contributed by atoms with Crippen molar-refractivity contribution in [3.8, 4) is 0 Å². The quantitative estimate of drug-likeness (QED) is 0.566. The van der Waals surface area contributed by atoms with Gasteiger partial charge in [0.25, 0.3) is 5.91 Å². The lowest BCUT2D eigenvalue weighted by molar-refractivity contribution is -0.113. The Kier molecular flexibility index (Phi) is 4.77. The summed E-state index contributed by atoms with van der Waals surface area (Å²) in [7, 11) is 1.82. The maximum Gasteiger partial charge on any atom is 0.254 e. The largest absolute Gasteiger partial charge is 0.512 e. The van der Waals surface area contributed by atoms with Gasteiger partial charge in [-0.05, 0) is 38.0 Å². The number of aliphatic hydroxyl groups excluding tert-OH is 1. The monoisotopic (exact) mass is 248 g/mol. The van der Waals surface area contributed by atoms with E-state index in [1.165, 1.54) is 6.92 Å². The molecule has 0 saturated heterocycles. The fourth-order valence-corrected chi connectivity index (χ4v) is 1.69. The predicted molar refractivity (Wildman–Crippen MR) is 75.0 cm³/mol. The number of aryl methyl sites for hydroxylation is 1. The summed E-state index contributed by atoms with van der Waals surface area (Å²) in [6.45, 7) is 5.29. The van der Waals surface area contributed by atoms with Crippen LogP contribution in [-0.4, -0.2) is 18.1 Å². The van der Waals surface area contributed by atoms with Crippen LogP contribution >= 0.6 is 0 Å². The van der Waals surface area contributed by atoms with Gasteiger partial charge in [0.15, 0.2) is 0 Å². The Bertz CT molecular complexity index is 475. The van der Waals surface area contributed by atoms with Crippen LogP contribution in [0.3, 0.4) is 0 Å². The van der Waals surface area contributed by atoms with Crippen molar-refractivity contribution in [3.63, 3.8) is 0 Å². The van der Waals surface area contributed by atoms with E-state index in [0.29, 0.717) is 12.0 Å². The SMILES string of the molecule is CC/C(C(=O)Nc1cc(NC)ccc1C)=C(/C)O. The minimum absolute atomic E-state index is 0.0671. The summed E-state index contributed by atoms with van der Waals surface area (Å²) in [4.78, 5) is 12.0. The number of aliphatic hydroxyl groups is 1. The molecule has 1 aromatic carbocycles. The van der Waals surface area contributed by atoms with Gasteiger partial charge in [0.2, 0.25) is 0 Å². The molecule has 1 rings (SSSR count). The van der Waals surface area contributed by atoms with E-state index in [9.17, 15) is 9.90 Å². The molecule has 4 heteroatoms. The molecule has 1 amide bonds. The lowest BCUT2D eigenvalue weighted by Gasteiger charge is -2.12. The summed E-state index contributed by atoms with van der Waals surface area (Å²) in [6, 6.07) is 5.74. The normalized spacial score (nSPS) is 11.8. The molecule has 0 aliphatic carbocycles. The van der Waals surface area contributed by atoms with Crippen molar-refractivity contribution in [2.24, 2.45) is 0 Å². The Balaban J connectivity index is 2.98. The number of hydrogen-bond donors (Lipinski definition) is 3. The van der Waals surface area contributed by atoms with Crippen LogP contribution in [0, 0.1) is 6.92 Å². The fourth-order valence-electron chi connectivity index (χ4n) is 1.69. The van der Waals surface area contributed by atoms with Crippen molar-refractivity contribution in [1.82, 2.24) is 0 Å². The van der Waals surface area contributed by atoms with Crippen molar-refractivity contribution in [2.75, 3.05) is 17.7 Å². The molecule has 98 valence electrons. The number of nitrogens with one attached hydrogen (secondary N) is 2. The first-order valence-electron chi connectivity index (χ1n) is 5.98. The molecule has 0 fully saturated rings. The number of benzene rings is 1. The molecular formula is C14H20N2O2. The fraction of sp³-hybridized carbons (Fsp3) is 0.357. The topological polar surface area (TPSA) is 61.4 Å². The number of allylic oxidation sites excluding steroid dienone is 1. The van der Waals surface area contributed by atoms with Crippen LogP contribution < -0.4 is 10.6 Å². The molecule has 4 nitrogen and oxygen atoms in total. The molecule has 0 aromatic heterocycles. The lowest BCUT2D eigenvalue weighted by Crippen LogP contribution is -2.16. The number of rotatable bonds is 4. The Labute approximate surface area is 108 Å². The van der Waals surface area contributed by atoms with Crippen molar-refractivity contribution in [3.05, 3.63) is 35.1 Å². The first-order valence-corrected chi connectivity index (χ1v) is 5.98. The van der Waals surface area contributed by atoms with E-state index in [1.807, 2.05) is 39.1 Å². The Hall–Kier alpha value is -1.97. The molecule has 18 heavy (non-hydrogen) atoms. The third-order valence-corrected chi connectivity index (χ3v) is 2.84. The number of carbonyl (C=O) groups excluding carboxylic acids is 1. The summed E-state index contributed by atoms with van der Waals surface area (Å²) < 4.78 is 0. The van der Waals surface area contributed by atoms with Crippen molar-refractivity contribution in [1.29, 1.82) is 0 Å². The van der Waals surface area contributed by atoms with Crippen LogP contribution in [0.15, 0.2) is 29.5 Å². The van der Waals surface area contributed by atoms with Crippen LogP contribution in [-0.2, 0) is 4.79 Å². The summed E-state index contributed by atoms with van der Waals surface area (Å²) in [5.74, 6) is -0.189. The van der Waals surface area contributed by atoms with Gasteiger partial charge in [-0.2, -0.15) is 0 Å². The Morgan fingerprint density at radius 1 is 1.39 bits per heavy atom. The average molecular weight is 248 g/mol. The molecule has 0 radical (unpaired) electrons. The van der Waals surface area contributed by atoms with E-state index in [-0.39, 0.29) is 11.7 Å². The summed E-state index contributed by atoms with van der Waals surface area (Å²) in [6.07, 6.45) is 0.499. The highest BCUT2D eigenvalue weighted by atomic mass is 16.3. The van der Waals surface area contributed by atoms with E-state index < -0.39 is 0 Å². The smallest absolute Gasteiger partial charge is 0.254 e. The maximum absolute atomic E-state index is 12.0. The van der Waals surface area contributed by atoms with Gasteiger partial charge in [-0.3, -0.25) is 4.79 Å². The lowest BCUT2D eigenvalue weighted by atomic mass is 10.1. The summed E-state index contributed by atoms with van der Waals surface area (Å²) >= 11 is 0. The second-order valence-electron chi connectivity index (χ2n) is 4.15. The van der Waals surface area contributed by atoms with Crippen LogP contribution in [0.5, 0.6) is 0 Å². The molecule has 0 saturated carbocycles. The molecule has 3 N–H and O–H groups in total. The van der Waals surface area contributed by atoms with E-state index >= 15 is 0 Å². The highest BCUT2D eigenvalue weighted by Gasteiger charge is 2.12. The van der Waals surface area contributed by atoms with Gasteiger partial charge in [0, 0.05) is 18.4 Å². The second kappa shape index (κ2) is 6.10. The van der Waals surface area contributed by atoms with Gasteiger partial charge in [0.05, 0.1) is 11.3 Å². The van der Waals surface area contributed by atoms with Gasteiger partial charge in [-0.1, -0.05) is 13.0 Å². The number of carbonyl (C=O) groups is 1. The highest BCUT2D eigenvalue weighted by molar-refractivity contribution is 6.04. The molecule has 0 unspecified atom stereocenters. The zero-order chi connectivity index (χ0) is 13.7. The van der Waals surface area contributed by atoms with Crippen molar-refractivity contribution >= 4 is 17.3 Å². The molecule has 0 atom stereocenters. The first kappa shape index (κ1) is 14.1. The molecule has 0 aliphatic heterocycles. The Morgan fingerprint density at radius 2 is 2.06 bits per heavy atom. The van der Waals surface area contributed by atoms with Gasteiger partial charge < -0.3 is 15.7 Å². The summed E-state index contributed by atoms with van der Waals surface area (Å²) in [5, 5.41) is 15.3. The number of hydrogen-bond acceptors (Lipinski definition) is 3. The highest BCUT2D eigenvalue weighted by Crippen LogP contribution is 2.21. The van der Waals surface area contributed by atoms with E-state index in [2.05, 4.69) is 10.6 Å². The molecule has 0 bridgehead atoms. The van der Waals surface area contributed by atoms with Crippen LogP contribution in [0.1, 0.15) is 25.8 Å². The third-order valence-electron chi connectivity index (χ3n) is 2.84. The second-order valence-corrected chi connectivity index (χ2v) is 4.15. The zero-order valence-corrected chi connectivity index (χ0v) is 11.3. The molecule has 0 heterocycles. The molecule has 0 aliphatic rings. The zero-order valence-electron chi connectivity index (χ0n) is 11.3. The summed E-state index contributed by atoms with van der Waals surface area (Å²) in [5.41, 5.74) is 3.07. The molecule has 0 spiro atoms. The van der Waals surface area contributed by atoms with E-state index in [1.54, 1.807) is 0 Å². The van der Waals surface area contributed by atoms with Crippen molar-refractivity contribution in [2.45, 2.75) is 27.2 Å². The van der Waals surface area contributed by atoms with Gasteiger partial charge in [-0.15, -0.1) is 0 Å². The van der Waals surface area contributed by atoms with Gasteiger partial charge in [-0.25, -0.2) is 0 Å². The molecule has 1 aromatic rings. The minimum Gasteiger partial charge on any atom is -0.512 e. The minimum atomic E-state index is -0.256. The predicted octanol–water partition coefficient (Wildman–Crippen LogP) is 3.22. The van der Waals surface area contributed by atoms with Crippen LogP contribution in [0.4, 0.5) is 11.4 Å². The third kappa shape index (κ3) is 3.26. The molecular weight excluding hydrogens is 228 g/mol. The van der Waals surface area contributed by atoms with E-state index in [4.69, 9.17) is 0 Å². The number of amides is 1. The first-order chi connectivity index (χ1) is 8.49. The van der Waals surface area contributed by atoms with Crippen LogP contribution in [0.2, 0.25) is 0 Å². The number of anilines is 2. The van der Waals surface area contributed by atoms with E-state index in [0.717, 1.165) is 16.9 Å².